The summed E-state index contributed by atoms with van der Waals surface area (Å²) in [7, 11) is -3.10. The molecule has 0 bridgehead atoms. The Hall–Kier alpha value is -0.910. The minimum Gasteiger partial charge on any atom is -0.311 e. The third-order valence-electron chi connectivity index (χ3n) is 3.90. The number of rotatable bonds is 5. The van der Waals surface area contributed by atoms with Crippen LogP contribution in [0.15, 0.2) is 29.2 Å². The van der Waals surface area contributed by atoms with E-state index < -0.39 is 9.84 Å². The predicted molar refractivity (Wildman–Crippen MR) is 81.5 cm³/mol. The molecule has 0 radical (unpaired) electrons. The summed E-state index contributed by atoms with van der Waals surface area (Å²) >= 11 is 0. The van der Waals surface area contributed by atoms with Crippen molar-refractivity contribution in [1.82, 2.24) is 10.6 Å². The number of nitrogens with one attached hydrogen (secondary N) is 2. The molecule has 1 saturated heterocycles. The van der Waals surface area contributed by atoms with Crippen LogP contribution in [0.1, 0.15) is 31.7 Å². The molecule has 2 N–H and O–H groups in total. The van der Waals surface area contributed by atoms with E-state index in [9.17, 15) is 8.42 Å². The van der Waals surface area contributed by atoms with Gasteiger partial charge >= 0.3 is 0 Å². The zero-order valence-electron chi connectivity index (χ0n) is 12.3. The lowest BCUT2D eigenvalue weighted by Crippen LogP contribution is -2.52. The third-order valence-corrected chi connectivity index (χ3v) is 5.03. The highest BCUT2D eigenvalue weighted by Gasteiger charge is 2.25. The maximum absolute atomic E-state index is 11.4. The topological polar surface area (TPSA) is 58.2 Å². The van der Waals surface area contributed by atoms with E-state index in [-0.39, 0.29) is 5.54 Å². The van der Waals surface area contributed by atoms with Gasteiger partial charge in [-0.1, -0.05) is 18.6 Å². The van der Waals surface area contributed by atoms with Gasteiger partial charge in [0.2, 0.25) is 0 Å². The molecule has 0 amide bonds. The van der Waals surface area contributed by atoms with Gasteiger partial charge in [-0.25, -0.2) is 8.42 Å². The number of sulfone groups is 1. The van der Waals surface area contributed by atoms with Crippen LogP contribution in [0.5, 0.6) is 0 Å². The van der Waals surface area contributed by atoms with Crippen molar-refractivity contribution < 1.29 is 8.42 Å². The summed E-state index contributed by atoms with van der Waals surface area (Å²) in [5.41, 5.74) is 1.29. The molecule has 1 aromatic rings. The van der Waals surface area contributed by atoms with Crippen molar-refractivity contribution in [3.8, 4) is 0 Å². The summed E-state index contributed by atoms with van der Waals surface area (Å²) in [6.07, 6.45) is 4.99. The second-order valence-electron chi connectivity index (χ2n) is 5.96. The van der Waals surface area contributed by atoms with Crippen LogP contribution in [0.4, 0.5) is 0 Å². The van der Waals surface area contributed by atoms with Crippen LogP contribution in [-0.4, -0.2) is 33.3 Å². The molecule has 0 aliphatic carbocycles. The van der Waals surface area contributed by atoms with Crippen LogP contribution in [0.25, 0.3) is 0 Å². The van der Waals surface area contributed by atoms with Crippen molar-refractivity contribution >= 4 is 9.84 Å². The summed E-state index contributed by atoms with van der Waals surface area (Å²) in [5, 5.41) is 7.03. The predicted octanol–water partition coefficient (Wildman–Crippen LogP) is 1.71. The van der Waals surface area contributed by atoms with Gasteiger partial charge < -0.3 is 10.6 Å². The molecule has 1 atom stereocenters. The average molecular weight is 296 g/mol. The second-order valence-corrected chi connectivity index (χ2v) is 7.98. The maximum Gasteiger partial charge on any atom is 0.175 e. The lowest BCUT2D eigenvalue weighted by molar-refractivity contribution is 0.267. The average Bonchev–Trinajstić information content (AvgIpc) is 2.39. The molecule has 1 unspecified atom stereocenters. The molecule has 0 saturated carbocycles. The van der Waals surface area contributed by atoms with Crippen molar-refractivity contribution in [1.29, 1.82) is 0 Å². The normalized spacial score (nSPS) is 23.7. The number of benzene rings is 1. The summed E-state index contributed by atoms with van der Waals surface area (Å²) < 4.78 is 22.8. The fourth-order valence-corrected chi connectivity index (χ4v) is 3.24. The number of hydrogen-bond acceptors (Lipinski definition) is 4. The van der Waals surface area contributed by atoms with E-state index >= 15 is 0 Å². The van der Waals surface area contributed by atoms with E-state index in [2.05, 4.69) is 17.6 Å². The minimum absolute atomic E-state index is 0.185. The van der Waals surface area contributed by atoms with Gasteiger partial charge in [0.15, 0.2) is 9.84 Å². The standard InChI is InChI=1S/C15H24N2O2S/c1-15(9-3-4-10-17-15)12-16-11-13-5-7-14(8-6-13)20(2,18)19/h5-8,16-17H,3-4,9-12H2,1-2H3. The molecule has 20 heavy (non-hydrogen) atoms. The number of piperidine rings is 1. The third kappa shape index (κ3) is 4.30. The van der Waals surface area contributed by atoms with E-state index in [1.54, 1.807) is 12.1 Å². The molecule has 1 aromatic carbocycles. The van der Waals surface area contributed by atoms with Crippen molar-refractivity contribution in [3.63, 3.8) is 0 Å². The van der Waals surface area contributed by atoms with Crippen LogP contribution in [-0.2, 0) is 16.4 Å². The lowest BCUT2D eigenvalue weighted by Gasteiger charge is -2.35. The van der Waals surface area contributed by atoms with Crippen LogP contribution in [0.3, 0.4) is 0 Å². The quantitative estimate of drug-likeness (QED) is 0.868. The van der Waals surface area contributed by atoms with Gasteiger partial charge in [0.1, 0.15) is 0 Å². The van der Waals surface area contributed by atoms with Gasteiger partial charge in [0, 0.05) is 24.9 Å². The molecular formula is C15H24N2O2S. The summed E-state index contributed by atoms with van der Waals surface area (Å²) in [6.45, 7) is 5.05. The Morgan fingerprint density at radius 1 is 1.25 bits per heavy atom. The highest BCUT2D eigenvalue weighted by molar-refractivity contribution is 7.90. The Morgan fingerprint density at radius 2 is 1.95 bits per heavy atom. The molecule has 1 heterocycles. The fourth-order valence-electron chi connectivity index (χ4n) is 2.61. The first-order valence-electron chi connectivity index (χ1n) is 7.14. The highest BCUT2D eigenvalue weighted by atomic mass is 32.2. The Labute approximate surface area is 121 Å². The minimum atomic E-state index is -3.10. The van der Waals surface area contributed by atoms with Crippen LogP contribution in [0.2, 0.25) is 0 Å². The molecule has 1 aliphatic rings. The van der Waals surface area contributed by atoms with Gasteiger partial charge in [0.05, 0.1) is 4.90 Å². The Morgan fingerprint density at radius 3 is 2.50 bits per heavy atom. The first-order valence-corrected chi connectivity index (χ1v) is 9.03. The molecule has 1 fully saturated rings. The molecular weight excluding hydrogens is 272 g/mol. The number of hydrogen-bond donors (Lipinski definition) is 2. The highest BCUT2D eigenvalue weighted by Crippen LogP contribution is 2.18. The van der Waals surface area contributed by atoms with E-state index in [0.717, 1.165) is 25.2 Å². The molecule has 5 heteroatoms. The van der Waals surface area contributed by atoms with E-state index in [0.29, 0.717) is 4.90 Å². The smallest absolute Gasteiger partial charge is 0.175 e. The van der Waals surface area contributed by atoms with Crippen molar-refractivity contribution in [2.45, 2.75) is 43.2 Å². The fraction of sp³-hybridized carbons (Fsp3) is 0.600. The molecule has 2 rings (SSSR count). The molecule has 0 spiro atoms. The van der Waals surface area contributed by atoms with Crippen molar-refractivity contribution in [3.05, 3.63) is 29.8 Å². The summed E-state index contributed by atoms with van der Waals surface area (Å²) in [4.78, 5) is 0.377. The van der Waals surface area contributed by atoms with E-state index in [4.69, 9.17) is 0 Å². The lowest BCUT2D eigenvalue weighted by atomic mass is 9.91. The van der Waals surface area contributed by atoms with Crippen LogP contribution >= 0.6 is 0 Å². The summed E-state index contributed by atoms with van der Waals surface area (Å²) in [6, 6.07) is 7.10. The largest absolute Gasteiger partial charge is 0.311 e. The molecule has 0 aromatic heterocycles. The van der Waals surface area contributed by atoms with Gasteiger partial charge in [-0.3, -0.25) is 0 Å². The van der Waals surface area contributed by atoms with E-state index in [1.165, 1.54) is 25.5 Å². The zero-order valence-corrected chi connectivity index (χ0v) is 13.1. The second kappa shape index (κ2) is 6.24. The van der Waals surface area contributed by atoms with E-state index in [1.807, 2.05) is 12.1 Å². The monoisotopic (exact) mass is 296 g/mol. The molecule has 112 valence electrons. The van der Waals surface area contributed by atoms with Gasteiger partial charge in [-0.2, -0.15) is 0 Å². The van der Waals surface area contributed by atoms with Crippen molar-refractivity contribution in [2.75, 3.05) is 19.3 Å². The Kier molecular flexibility index (Phi) is 4.83. The molecule has 1 aliphatic heterocycles. The maximum atomic E-state index is 11.4. The SMILES string of the molecule is CC1(CNCc2ccc(S(C)(=O)=O)cc2)CCCCN1. The van der Waals surface area contributed by atoms with Gasteiger partial charge in [-0.15, -0.1) is 0 Å². The van der Waals surface area contributed by atoms with Crippen LogP contribution in [0, 0.1) is 0 Å². The first kappa shape index (κ1) is 15.5. The molecule has 4 nitrogen and oxygen atoms in total. The van der Waals surface area contributed by atoms with Crippen molar-refractivity contribution in [2.24, 2.45) is 0 Å². The van der Waals surface area contributed by atoms with Crippen LogP contribution < -0.4 is 10.6 Å². The first-order chi connectivity index (χ1) is 9.39. The van der Waals surface area contributed by atoms with Gasteiger partial charge in [0.25, 0.3) is 0 Å². The Balaban J connectivity index is 1.85. The summed E-state index contributed by atoms with van der Waals surface area (Å²) in [5.74, 6) is 0. The Bertz CT molecular complexity index is 531. The zero-order chi connectivity index (χ0) is 14.6. The van der Waals surface area contributed by atoms with Gasteiger partial charge in [-0.05, 0) is 44.0 Å².